The van der Waals surface area contributed by atoms with Gasteiger partial charge in [-0.1, -0.05) is 12.1 Å². The van der Waals surface area contributed by atoms with E-state index >= 15 is 0 Å². The standard InChI is InChI=1S/C11H11F3O3S/c12-11(13,14)9(15)6-18-8-3-1-7(2-4-8)5-10(16)17/h1-4,9,15H,5-6H2,(H,16,17). The van der Waals surface area contributed by atoms with Gasteiger partial charge in [0.15, 0.2) is 6.10 Å². The number of halogens is 3. The number of benzene rings is 1. The predicted molar refractivity (Wildman–Crippen MR) is 60.6 cm³/mol. The van der Waals surface area contributed by atoms with Gasteiger partial charge >= 0.3 is 12.1 Å². The van der Waals surface area contributed by atoms with Gasteiger partial charge in [0.25, 0.3) is 0 Å². The lowest BCUT2D eigenvalue weighted by atomic mass is 10.2. The monoisotopic (exact) mass is 280 g/mol. The average Bonchev–Trinajstić information content (AvgIpc) is 2.25. The molecule has 0 aliphatic heterocycles. The number of thioether (sulfide) groups is 1. The predicted octanol–water partition coefficient (Wildman–Crippen LogP) is 2.33. The first-order chi connectivity index (χ1) is 8.29. The zero-order valence-electron chi connectivity index (χ0n) is 9.15. The van der Waals surface area contributed by atoms with Gasteiger partial charge in [-0.05, 0) is 17.7 Å². The number of alkyl halides is 3. The third kappa shape index (κ3) is 4.97. The molecule has 1 aromatic carbocycles. The number of aliphatic carboxylic acids is 1. The molecule has 0 amide bonds. The van der Waals surface area contributed by atoms with E-state index in [2.05, 4.69) is 0 Å². The number of aliphatic hydroxyl groups excluding tert-OH is 1. The van der Waals surface area contributed by atoms with Crippen molar-refractivity contribution in [1.29, 1.82) is 0 Å². The van der Waals surface area contributed by atoms with E-state index in [-0.39, 0.29) is 6.42 Å². The summed E-state index contributed by atoms with van der Waals surface area (Å²) in [4.78, 5) is 11.0. The van der Waals surface area contributed by atoms with Crippen LogP contribution in [0.5, 0.6) is 0 Å². The Labute approximate surface area is 106 Å². The van der Waals surface area contributed by atoms with Gasteiger partial charge in [-0.15, -0.1) is 11.8 Å². The molecule has 7 heteroatoms. The number of carboxylic acid groups (broad SMARTS) is 1. The van der Waals surface area contributed by atoms with Gasteiger partial charge in [0, 0.05) is 10.6 Å². The molecule has 0 spiro atoms. The second-order valence-corrected chi connectivity index (χ2v) is 4.68. The fourth-order valence-electron chi connectivity index (χ4n) is 1.15. The molecule has 0 aliphatic carbocycles. The van der Waals surface area contributed by atoms with Gasteiger partial charge in [0.2, 0.25) is 0 Å². The highest BCUT2D eigenvalue weighted by molar-refractivity contribution is 7.99. The Morgan fingerprint density at radius 3 is 2.28 bits per heavy atom. The third-order valence-corrected chi connectivity index (χ3v) is 3.15. The van der Waals surface area contributed by atoms with E-state index < -0.39 is 24.0 Å². The fourth-order valence-corrected chi connectivity index (χ4v) is 2.02. The molecule has 0 aliphatic rings. The van der Waals surface area contributed by atoms with Crippen LogP contribution in [0.15, 0.2) is 29.2 Å². The van der Waals surface area contributed by atoms with Gasteiger partial charge in [0.05, 0.1) is 6.42 Å². The minimum Gasteiger partial charge on any atom is -0.481 e. The summed E-state index contributed by atoms with van der Waals surface area (Å²) in [5, 5.41) is 17.3. The topological polar surface area (TPSA) is 57.5 Å². The highest BCUT2D eigenvalue weighted by atomic mass is 32.2. The normalized spacial score (nSPS) is 13.3. The summed E-state index contributed by atoms with van der Waals surface area (Å²) < 4.78 is 36.1. The molecule has 100 valence electrons. The zero-order valence-corrected chi connectivity index (χ0v) is 9.96. The van der Waals surface area contributed by atoms with Gasteiger partial charge in [-0.25, -0.2) is 0 Å². The van der Waals surface area contributed by atoms with E-state index in [1.54, 1.807) is 0 Å². The second kappa shape index (κ2) is 6.10. The number of carboxylic acids is 1. The molecule has 0 heterocycles. The molecule has 18 heavy (non-hydrogen) atoms. The van der Waals surface area contributed by atoms with Gasteiger partial charge in [0.1, 0.15) is 0 Å². The van der Waals surface area contributed by atoms with E-state index in [1.165, 1.54) is 24.3 Å². The van der Waals surface area contributed by atoms with E-state index in [1.807, 2.05) is 0 Å². The first-order valence-electron chi connectivity index (χ1n) is 4.97. The molecule has 1 atom stereocenters. The van der Waals surface area contributed by atoms with Crippen molar-refractivity contribution < 1.29 is 28.2 Å². The third-order valence-electron chi connectivity index (χ3n) is 2.06. The molecule has 2 N–H and O–H groups in total. The van der Waals surface area contributed by atoms with Crippen molar-refractivity contribution in [1.82, 2.24) is 0 Å². The molecular formula is C11H11F3O3S. The first-order valence-corrected chi connectivity index (χ1v) is 5.96. The summed E-state index contributed by atoms with van der Waals surface area (Å²) in [6.07, 6.45) is -7.10. The van der Waals surface area contributed by atoms with Crippen LogP contribution >= 0.6 is 11.8 Å². The smallest absolute Gasteiger partial charge is 0.415 e. The lowest BCUT2D eigenvalue weighted by Gasteiger charge is -2.13. The largest absolute Gasteiger partial charge is 0.481 e. The molecule has 3 nitrogen and oxygen atoms in total. The van der Waals surface area contributed by atoms with Crippen molar-refractivity contribution in [2.75, 3.05) is 5.75 Å². The summed E-state index contributed by atoms with van der Waals surface area (Å²) in [5.41, 5.74) is 0.572. The lowest BCUT2D eigenvalue weighted by Crippen LogP contribution is -2.30. The molecule has 0 bridgehead atoms. The van der Waals surface area contributed by atoms with E-state index in [0.29, 0.717) is 10.5 Å². The Hall–Kier alpha value is -1.21. The lowest BCUT2D eigenvalue weighted by molar-refractivity contribution is -0.195. The highest BCUT2D eigenvalue weighted by Crippen LogP contribution is 2.26. The van der Waals surface area contributed by atoms with Crippen molar-refractivity contribution >= 4 is 17.7 Å². The maximum Gasteiger partial charge on any atom is 0.415 e. The van der Waals surface area contributed by atoms with Gasteiger partial charge in [-0.2, -0.15) is 13.2 Å². The van der Waals surface area contributed by atoms with Crippen LogP contribution < -0.4 is 0 Å². The number of aliphatic hydroxyl groups is 1. The second-order valence-electron chi connectivity index (χ2n) is 3.58. The number of hydrogen-bond acceptors (Lipinski definition) is 3. The summed E-state index contributed by atoms with van der Waals surface area (Å²) in [6, 6.07) is 6.14. The Kier molecular flexibility index (Phi) is 5.03. The van der Waals surface area contributed by atoms with Gasteiger partial charge < -0.3 is 10.2 Å². The van der Waals surface area contributed by atoms with Crippen LogP contribution in [0.25, 0.3) is 0 Å². The van der Waals surface area contributed by atoms with Crippen molar-refractivity contribution in [2.45, 2.75) is 23.6 Å². The molecular weight excluding hydrogens is 269 g/mol. The van der Waals surface area contributed by atoms with Crippen molar-refractivity contribution in [2.24, 2.45) is 0 Å². The maximum absolute atomic E-state index is 12.0. The first kappa shape index (κ1) is 14.8. The van der Waals surface area contributed by atoms with Gasteiger partial charge in [-0.3, -0.25) is 4.79 Å². The van der Waals surface area contributed by atoms with Crippen LogP contribution in [0.1, 0.15) is 5.56 Å². The van der Waals surface area contributed by atoms with Crippen LogP contribution in [-0.4, -0.2) is 34.2 Å². The quantitative estimate of drug-likeness (QED) is 0.813. The van der Waals surface area contributed by atoms with Crippen LogP contribution in [0.3, 0.4) is 0 Å². The maximum atomic E-state index is 12.0. The fraction of sp³-hybridized carbons (Fsp3) is 0.364. The number of hydrogen-bond donors (Lipinski definition) is 2. The molecule has 0 saturated heterocycles. The number of carbonyl (C=O) groups is 1. The Bertz CT molecular complexity index is 403. The van der Waals surface area contributed by atoms with Crippen LogP contribution in [-0.2, 0) is 11.2 Å². The molecule has 1 unspecified atom stereocenters. The van der Waals surface area contributed by atoms with E-state index in [9.17, 15) is 18.0 Å². The number of rotatable bonds is 5. The Morgan fingerprint density at radius 1 is 1.28 bits per heavy atom. The molecule has 0 aromatic heterocycles. The molecule has 0 fully saturated rings. The summed E-state index contributed by atoms with van der Waals surface area (Å²) in [6.45, 7) is 0. The Morgan fingerprint density at radius 2 is 1.83 bits per heavy atom. The van der Waals surface area contributed by atoms with Crippen LogP contribution in [0.4, 0.5) is 13.2 Å². The molecule has 0 radical (unpaired) electrons. The summed E-state index contributed by atoms with van der Waals surface area (Å²) in [5.74, 6) is -1.45. The minimum atomic E-state index is -4.61. The molecule has 1 rings (SSSR count). The highest BCUT2D eigenvalue weighted by Gasteiger charge is 2.37. The molecule has 0 saturated carbocycles. The van der Waals surface area contributed by atoms with Crippen molar-refractivity contribution in [3.8, 4) is 0 Å². The van der Waals surface area contributed by atoms with Crippen molar-refractivity contribution in [3.63, 3.8) is 0 Å². The van der Waals surface area contributed by atoms with Crippen molar-refractivity contribution in [3.05, 3.63) is 29.8 Å². The summed E-state index contributed by atoms with van der Waals surface area (Å²) in [7, 11) is 0. The van der Waals surface area contributed by atoms with E-state index in [4.69, 9.17) is 10.2 Å². The SMILES string of the molecule is O=C(O)Cc1ccc(SCC(O)C(F)(F)F)cc1. The average molecular weight is 280 g/mol. The molecule has 1 aromatic rings. The zero-order chi connectivity index (χ0) is 13.8. The van der Waals surface area contributed by atoms with E-state index in [0.717, 1.165) is 11.8 Å². The minimum absolute atomic E-state index is 0.129. The van der Waals surface area contributed by atoms with Crippen LogP contribution in [0, 0.1) is 0 Å². The Balaban J connectivity index is 2.51. The summed E-state index contributed by atoms with van der Waals surface area (Å²) >= 11 is 0.866. The van der Waals surface area contributed by atoms with Crippen LogP contribution in [0.2, 0.25) is 0 Å².